The lowest BCUT2D eigenvalue weighted by Gasteiger charge is -2.09. The van der Waals surface area contributed by atoms with E-state index in [1.54, 1.807) is 17.4 Å². The maximum absolute atomic E-state index is 9.86. The lowest BCUT2D eigenvalue weighted by atomic mass is 10.0. The standard InChI is InChI=1S/C15H10N2OS/c16-9-14(18)11-8-13(15-6-3-7-19-15)17-12-5-2-1-4-10(11)12/h1-8,14,18H. The molecule has 0 saturated carbocycles. The molecule has 3 nitrogen and oxygen atoms in total. The van der Waals surface area contributed by atoms with Crippen molar-refractivity contribution in [1.82, 2.24) is 4.98 Å². The molecule has 0 saturated heterocycles. The van der Waals surface area contributed by atoms with Gasteiger partial charge in [0, 0.05) is 10.9 Å². The molecule has 1 N–H and O–H groups in total. The molecule has 0 spiro atoms. The highest BCUT2D eigenvalue weighted by Gasteiger charge is 2.13. The molecule has 2 heterocycles. The van der Waals surface area contributed by atoms with Gasteiger partial charge in [-0.1, -0.05) is 24.3 Å². The predicted molar refractivity (Wildman–Crippen MR) is 75.6 cm³/mol. The van der Waals surface area contributed by atoms with Crippen LogP contribution >= 0.6 is 11.3 Å². The average molecular weight is 266 g/mol. The molecule has 3 rings (SSSR count). The van der Waals surface area contributed by atoms with Gasteiger partial charge < -0.3 is 5.11 Å². The fourth-order valence-corrected chi connectivity index (χ4v) is 2.73. The highest BCUT2D eigenvalue weighted by molar-refractivity contribution is 7.13. The molecule has 0 radical (unpaired) electrons. The monoisotopic (exact) mass is 266 g/mol. The van der Waals surface area contributed by atoms with Crippen molar-refractivity contribution in [3.8, 4) is 16.6 Å². The fourth-order valence-electron chi connectivity index (χ4n) is 2.05. The Morgan fingerprint density at radius 3 is 2.79 bits per heavy atom. The number of pyridine rings is 1. The zero-order valence-corrected chi connectivity index (χ0v) is 10.8. The van der Waals surface area contributed by atoms with Crippen molar-refractivity contribution in [2.24, 2.45) is 0 Å². The molecule has 0 aliphatic carbocycles. The molecule has 3 aromatic rings. The van der Waals surface area contributed by atoms with Gasteiger partial charge in [-0.25, -0.2) is 4.98 Å². The van der Waals surface area contributed by atoms with Crippen LogP contribution in [0.15, 0.2) is 47.8 Å². The summed E-state index contributed by atoms with van der Waals surface area (Å²) in [7, 11) is 0. The van der Waals surface area contributed by atoms with Gasteiger partial charge in [0.25, 0.3) is 0 Å². The van der Waals surface area contributed by atoms with E-state index in [1.165, 1.54) is 0 Å². The fraction of sp³-hybridized carbons (Fsp3) is 0.0667. The molecular weight excluding hydrogens is 256 g/mol. The van der Waals surface area contributed by atoms with Crippen LogP contribution in [0, 0.1) is 11.3 Å². The number of hydrogen-bond donors (Lipinski definition) is 1. The Hall–Kier alpha value is -2.22. The molecule has 92 valence electrons. The lowest BCUT2D eigenvalue weighted by Crippen LogP contribution is -1.97. The Bertz CT molecular complexity index is 759. The quantitative estimate of drug-likeness (QED) is 0.722. The van der Waals surface area contributed by atoms with Gasteiger partial charge in [0.1, 0.15) is 0 Å². The van der Waals surface area contributed by atoms with Gasteiger partial charge in [0.05, 0.1) is 22.2 Å². The summed E-state index contributed by atoms with van der Waals surface area (Å²) in [5.41, 5.74) is 2.19. The number of nitriles is 1. The summed E-state index contributed by atoms with van der Waals surface area (Å²) in [5, 5.41) is 21.6. The minimum absolute atomic E-state index is 0.608. The van der Waals surface area contributed by atoms with Crippen molar-refractivity contribution in [3.63, 3.8) is 0 Å². The zero-order valence-electron chi connectivity index (χ0n) is 9.95. The SMILES string of the molecule is N#CC(O)c1cc(-c2cccs2)nc2ccccc12. The van der Waals surface area contributed by atoms with Crippen molar-refractivity contribution < 1.29 is 5.11 Å². The predicted octanol–water partition coefficient (Wildman–Crippen LogP) is 3.52. The van der Waals surface area contributed by atoms with Crippen LogP contribution in [0.25, 0.3) is 21.5 Å². The van der Waals surface area contributed by atoms with Gasteiger partial charge in [-0.15, -0.1) is 11.3 Å². The van der Waals surface area contributed by atoms with Crippen molar-refractivity contribution in [3.05, 3.63) is 53.4 Å². The molecule has 1 aromatic carbocycles. The van der Waals surface area contributed by atoms with Crippen LogP contribution in [0.4, 0.5) is 0 Å². The minimum Gasteiger partial charge on any atom is -0.374 e. The number of nitrogens with zero attached hydrogens (tertiary/aromatic N) is 2. The van der Waals surface area contributed by atoms with Crippen molar-refractivity contribution in [2.75, 3.05) is 0 Å². The second-order valence-corrected chi connectivity index (χ2v) is 5.07. The molecule has 0 aliphatic rings. The summed E-state index contributed by atoms with van der Waals surface area (Å²) in [6.07, 6.45) is -1.13. The molecule has 0 bridgehead atoms. The van der Waals surface area contributed by atoms with E-state index in [4.69, 9.17) is 5.26 Å². The molecular formula is C15H10N2OS. The topological polar surface area (TPSA) is 56.9 Å². The van der Waals surface area contributed by atoms with E-state index in [1.807, 2.05) is 47.8 Å². The third-order valence-corrected chi connectivity index (χ3v) is 3.83. The number of hydrogen-bond acceptors (Lipinski definition) is 4. The Kier molecular flexibility index (Phi) is 3.00. The Morgan fingerprint density at radius 2 is 2.05 bits per heavy atom. The Balaban J connectivity index is 2.30. The van der Waals surface area contributed by atoms with Crippen LogP contribution in [-0.2, 0) is 0 Å². The number of aliphatic hydroxyl groups is 1. The van der Waals surface area contributed by atoms with Gasteiger partial charge >= 0.3 is 0 Å². The third-order valence-electron chi connectivity index (χ3n) is 2.94. The first-order valence-electron chi connectivity index (χ1n) is 5.81. The number of thiophene rings is 1. The van der Waals surface area contributed by atoms with E-state index in [0.29, 0.717) is 5.56 Å². The zero-order chi connectivity index (χ0) is 13.2. The number of benzene rings is 1. The number of aliphatic hydroxyl groups excluding tert-OH is 1. The van der Waals surface area contributed by atoms with Gasteiger partial charge in [0.2, 0.25) is 0 Å². The van der Waals surface area contributed by atoms with Crippen LogP contribution in [-0.4, -0.2) is 10.1 Å². The van der Waals surface area contributed by atoms with E-state index in [2.05, 4.69) is 4.98 Å². The first kappa shape index (κ1) is 11.8. The Morgan fingerprint density at radius 1 is 1.21 bits per heavy atom. The number of aromatic nitrogens is 1. The van der Waals surface area contributed by atoms with Crippen molar-refractivity contribution in [2.45, 2.75) is 6.10 Å². The molecule has 0 aliphatic heterocycles. The van der Waals surface area contributed by atoms with Gasteiger partial charge in [-0.3, -0.25) is 0 Å². The summed E-state index contributed by atoms with van der Waals surface area (Å²) in [4.78, 5) is 5.61. The number of rotatable bonds is 2. The second kappa shape index (κ2) is 4.81. The first-order valence-corrected chi connectivity index (χ1v) is 6.69. The molecule has 1 atom stereocenters. The number of fused-ring (bicyclic) bond motifs is 1. The van der Waals surface area contributed by atoms with Crippen LogP contribution in [0.1, 0.15) is 11.7 Å². The molecule has 4 heteroatoms. The van der Waals surface area contributed by atoms with E-state index < -0.39 is 6.10 Å². The maximum atomic E-state index is 9.86. The highest BCUT2D eigenvalue weighted by atomic mass is 32.1. The summed E-state index contributed by atoms with van der Waals surface area (Å²) in [6, 6.07) is 15.1. The third kappa shape index (κ3) is 2.10. The first-order chi connectivity index (χ1) is 9.29. The van der Waals surface area contributed by atoms with Gasteiger partial charge in [0.15, 0.2) is 6.10 Å². The molecule has 19 heavy (non-hydrogen) atoms. The number of para-hydroxylation sites is 1. The van der Waals surface area contributed by atoms with E-state index in [0.717, 1.165) is 21.5 Å². The molecule has 0 fully saturated rings. The maximum Gasteiger partial charge on any atom is 0.166 e. The van der Waals surface area contributed by atoms with E-state index >= 15 is 0 Å². The van der Waals surface area contributed by atoms with Crippen LogP contribution in [0.3, 0.4) is 0 Å². The Labute approximate surface area is 114 Å². The average Bonchev–Trinajstić information content (AvgIpc) is 2.99. The second-order valence-electron chi connectivity index (χ2n) is 4.12. The van der Waals surface area contributed by atoms with Crippen LogP contribution in [0.5, 0.6) is 0 Å². The van der Waals surface area contributed by atoms with Crippen molar-refractivity contribution in [1.29, 1.82) is 5.26 Å². The lowest BCUT2D eigenvalue weighted by molar-refractivity contribution is 0.237. The van der Waals surface area contributed by atoms with E-state index in [9.17, 15) is 5.11 Å². The normalized spacial score (nSPS) is 12.2. The largest absolute Gasteiger partial charge is 0.374 e. The van der Waals surface area contributed by atoms with Crippen LogP contribution in [0.2, 0.25) is 0 Å². The van der Waals surface area contributed by atoms with Crippen molar-refractivity contribution >= 4 is 22.2 Å². The van der Waals surface area contributed by atoms with Gasteiger partial charge in [-0.2, -0.15) is 5.26 Å². The molecule has 0 amide bonds. The summed E-state index contributed by atoms with van der Waals surface area (Å²) >= 11 is 1.59. The summed E-state index contributed by atoms with van der Waals surface area (Å²) < 4.78 is 0. The molecule has 2 aromatic heterocycles. The summed E-state index contributed by atoms with van der Waals surface area (Å²) in [5.74, 6) is 0. The molecule has 1 unspecified atom stereocenters. The highest BCUT2D eigenvalue weighted by Crippen LogP contribution is 2.30. The van der Waals surface area contributed by atoms with Gasteiger partial charge in [-0.05, 0) is 23.6 Å². The summed E-state index contributed by atoms with van der Waals surface area (Å²) in [6.45, 7) is 0. The van der Waals surface area contributed by atoms with Crippen LogP contribution < -0.4 is 0 Å². The minimum atomic E-state index is -1.13. The smallest absolute Gasteiger partial charge is 0.166 e. The van der Waals surface area contributed by atoms with E-state index in [-0.39, 0.29) is 0 Å².